The molecule has 0 aliphatic rings. The molecule has 0 fully saturated rings. The van der Waals surface area contributed by atoms with E-state index in [0.29, 0.717) is 35.8 Å². The molecule has 6 heteroatoms. The molecular formula is C22H27N3O3. The molecule has 28 heavy (non-hydrogen) atoms. The Hall–Kier alpha value is -3.15. The number of carbonyl (C=O) groups is 3. The highest BCUT2D eigenvalue weighted by atomic mass is 16.2. The van der Waals surface area contributed by atoms with Crippen LogP contribution in [0.25, 0.3) is 0 Å². The fourth-order valence-corrected chi connectivity index (χ4v) is 2.80. The summed E-state index contributed by atoms with van der Waals surface area (Å²) >= 11 is 0. The molecule has 0 unspecified atom stereocenters. The maximum atomic E-state index is 12.5. The van der Waals surface area contributed by atoms with Gasteiger partial charge < -0.3 is 16.0 Å². The number of hydrogen-bond donors (Lipinski definition) is 3. The summed E-state index contributed by atoms with van der Waals surface area (Å²) in [6.07, 6.45) is 0.716. The largest absolute Gasteiger partial charge is 0.352 e. The Morgan fingerprint density at radius 2 is 1.39 bits per heavy atom. The fraction of sp³-hybridized carbons (Fsp3) is 0.318. The van der Waals surface area contributed by atoms with Crippen molar-refractivity contribution in [2.75, 3.05) is 17.2 Å². The lowest BCUT2D eigenvalue weighted by molar-refractivity contribution is -0.115. The van der Waals surface area contributed by atoms with Crippen molar-refractivity contribution >= 4 is 29.1 Å². The first kappa shape index (κ1) is 21.2. The summed E-state index contributed by atoms with van der Waals surface area (Å²) in [5.74, 6) is -0.285. The summed E-state index contributed by atoms with van der Waals surface area (Å²) in [5, 5.41) is 8.16. The quantitative estimate of drug-likeness (QED) is 0.683. The zero-order chi connectivity index (χ0) is 20.7. The van der Waals surface area contributed by atoms with Gasteiger partial charge in [0.2, 0.25) is 11.8 Å². The molecule has 0 saturated carbocycles. The van der Waals surface area contributed by atoms with Crippen LogP contribution in [0, 0.1) is 0 Å². The number of hydrogen-bond acceptors (Lipinski definition) is 3. The summed E-state index contributed by atoms with van der Waals surface area (Å²) in [7, 11) is 0. The second kappa shape index (κ2) is 9.69. The minimum atomic E-state index is -0.266. The van der Waals surface area contributed by atoms with Crippen LogP contribution in [0.4, 0.5) is 11.4 Å². The van der Waals surface area contributed by atoms with Crippen LogP contribution in [-0.4, -0.2) is 24.3 Å². The van der Waals surface area contributed by atoms with Gasteiger partial charge in [-0.3, -0.25) is 14.4 Å². The zero-order valence-corrected chi connectivity index (χ0v) is 16.8. The van der Waals surface area contributed by atoms with Gasteiger partial charge in [-0.05, 0) is 41.7 Å². The molecule has 2 aromatic rings. The topological polar surface area (TPSA) is 87.3 Å². The monoisotopic (exact) mass is 381 g/mol. The van der Waals surface area contributed by atoms with Crippen molar-refractivity contribution in [3.05, 3.63) is 59.2 Å². The van der Waals surface area contributed by atoms with Gasteiger partial charge in [-0.25, -0.2) is 0 Å². The number of rotatable bonds is 7. The molecule has 3 N–H and O–H groups in total. The molecule has 0 aliphatic heterocycles. The molecule has 0 saturated heterocycles. The molecule has 0 aromatic heterocycles. The molecular weight excluding hydrogens is 354 g/mol. The number of anilines is 2. The van der Waals surface area contributed by atoms with Crippen molar-refractivity contribution in [1.29, 1.82) is 0 Å². The second-order valence-corrected chi connectivity index (χ2v) is 7.06. The molecule has 2 aromatic carbocycles. The van der Waals surface area contributed by atoms with Gasteiger partial charge in [0.1, 0.15) is 0 Å². The number of amides is 3. The fourth-order valence-electron chi connectivity index (χ4n) is 2.80. The Balaban J connectivity index is 2.03. The summed E-state index contributed by atoms with van der Waals surface area (Å²) in [4.78, 5) is 35.2. The first-order chi connectivity index (χ1) is 13.2. The van der Waals surface area contributed by atoms with Gasteiger partial charge in [-0.15, -0.1) is 0 Å². The molecule has 0 aliphatic carbocycles. The van der Waals surface area contributed by atoms with E-state index in [4.69, 9.17) is 0 Å². The minimum absolute atomic E-state index is 0.254. The van der Waals surface area contributed by atoms with Crippen LogP contribution in [0.5, 0.6) is 0 Å². The highest BCUT2D eigenvalue weighted by Crippen LogP contribution is 2.20. The van der Waals surface area contributed by atoms with Crippen molar-refractivity contribution in [3.63, 3.8) is 0 Å². The van der Waals surface area contributed by atoms with Crippen LogP contribution < -0.4 is 16.0 Å². The molecule has 3 amide bonds. The molecule has 0 atom stereocenters. The summed E-state index contributed by atoms with van der Waals surface area (Å²) < 4.78 is 0. The Bertz CT molecular complexity index is 824. The molecule has 0 radical (unpaired) electrons. The normalized spacial score (nSPS) is 10.5. The van der Waals surface area contributed by atoms with Crippen molar-refractivity contribution in [2.45, 2.75) is 40.0 Å². The minimum Gasteiger partial charge on any atom is -0.352 e. The smallest absolute Gasteiger partial charge is 0.251 e. The third-order valence-electron chi connectivity index (χ3n) is 4.18. The van der Waals surface area contributed by atoms with Gasteiger partial charge in [-0.2, -0.15) is 0 Å². The molecule has 0 spiro atoms. The van der Waals surface area contributed by atoms with E-state index in [2.05, 4.69) is 54.1 Å². The van der Waals surface area contributed by atoms with Crippen molar-refractivity contribution in [1.82, 2.24) is 5.32 Å². The van der Waals surface area contributed by atoms with E-state index < -0.39 is 0 Å². The van der Waals surface area contributed by atoms with Crippen LogP contribution in [0.15, 0.2) is 42.5 Å². The molecule has 148 valence electrons. The van der Waals surface area contributed by atoms with E-state index in [1.807, 2.05) is 0 Å². The Morgan fingerprint density at radius 3 is 1.86 bits per heavy atom. The Morgan fingerprint density at radius 1 is 0.857 bits per heavy atom. The predicted molar refractivity (Wildman–Crippen MR) is 112 cm³/mol. The van der Waals surface area contributed by atoms with E-state index in [0.717, 1.165) is 5.56 Å². The lowest BCUT2D eigenvalue weighted by Crippen LogP contribution is -2.26. The van der Waals surface area contributed by atoms with E-state index in [1.165, 1.54) is 19.4 Å². The average Bonchev–Trinajstić information content (AvgIpc) is 2.60. The summed E-state index contributed by atoms with van der Waals surface area (Å²) in [6.45, 7) is 7.56. The first-order valence-electron chi connectivity index (χ1n) is 9.32. The van der Waals surface area contributed by atoms with Gasteiger partial charge >= 0.3 is 0 Å². The van der Waals surface area contributed by atoms with E-state index >= 15 is 0 Å². The van der Waals surface area contributed by atoms with Crippen LogP contribution in [0.3, 0.4) is 0 Å². The number of benzene rings is 2. The predicted octanol–water partition coefficient (Wildman–Crippen LogP) is 3.70. The van der Waals surface area contributed by atoms with Crippen molar-refractivity contribution in [2.24, 2.45) is 0 Å². The zero-order valence-electron chi connectivity index (χ0n) is 16.8. The second-order valence-electron chi connectivity index (χ2n) is 7.06. The average molecular weight is 381 g/mol. The SMILES string of the molecule is CC(=O)Nc1cc(NC(C)=O)cc(C(=O)NCCc2ccc(C(C)C)cc2)c1. The van der Waals surface area contributed by atoms with Crippen LogP contribution in [-0.2, 0) is 16.0 Å². The van der Waals surface area contributed by atoms with Crippen LogP contribution >= 0.6 is 0 Å². The lowest BCUT2D eigenvalue weighted by Gasteiger charge is -2.11. The maximum absolute atomic E-state index is 12.5. The molecule has 0 bridgehead atoms. The van der Waals surface area contributed by atoms with Gasteiger partial charge in [0.15, 0.2) is 0 Å². The number of nitrogens with one attached hydrogen (secondary N) is 3. The molecule has 6 nitrogen and oxygen atoms in total. The Labute approximate surface area is 165 Å². The van der Waals surface area contributed by atoms with Crippen molar-refractivity contribution < 1.29 is 14.4 Å². The van der Waals surface area contributed by atoms with E-state index in [-0.39, 0.29) is 17.7 Å². The van der Waals surface area contributed by atoms with E-state index in [9.17, 15) is 14.4 Å². The standard InChI is InChI=1S/C22H27N3O3/c1-14(2)18-7-5-17(6-8-18)9-10-23-22(28)19-11-20(24-15(3)26)13-21(12-19)25-16(4)27/h5-8,11-14H,9-10H2,1-4H3,(H,23,28)(H,24,26)(H,25,27). The third kappa shape index (κ3) is 6.54. The highest BCUT2D eigenvalue weighted by molar-refractivity contribution is 5.99. The molecule has 2 rings (SSSR count). The van der Waals surface area contributed by atoms with Crippen molar-refractivity contribution in [3.8, 4) is 0 Å². The van der Waals surface area contributed by atoms with Gasteiger partial charge in [-0.1, -0.05) is 38.1 Å². The van der Waals surface area contributed by atoms with E-state index in [1.54, 1.807) is 18.2 Å². The van der Waals surface area contributed by atoms with Gasteiger partial charge in [0.25, 0.3) is 5.91 Å². The Kier molecular flexibility index (Phi) is 7.32. The highest BCUT2D eigenvalue weighted by Gasteiger charge is 2.10. The summed E-state index contributed by atoms with van der Waals surface area (Å²) in [6, 6.07) is 13.1. The van der Waals surface area contributed by atoms with Crippen LogP contribution in [0.1, 0.15) is 55.1 Å². The molecule has 0 heterocycles. The van der Waals surface area contributed by atoms with Crippen LogP contribution in [0.2, 0.25) is 0 Å². The van der Waals surface area contributed by atoms with Gasteiger partial charge in [0, 0.05) is 37.3 Å². The third-order valence-corrected chi connectivity index (χ3v) is 4.18. The lowest BCUT2D eigenvalue weighted by atomic mass is 10.0. The van der Waals surface area contributed by atoms with Gasteiger partial charge in [0.05, 0.1) is 0 Å². The number of carbonyl (C=O) groups excluding carboxylic acids is 3. The maximum Gasteiger partial charge on any atom is 0.251 e. The summed E-state index contributed by atoms with van der Waals surface area (Å²) in [5.41, 5.74) is 3.70. The first-order valence-corrected chi connectivity index (χ1v) is 9.32.